The molecule has 130 valence electrons. The maximum Gasteiger partial charge on any atom is 0.291 e. The van der Waals surface area contributed by atoms with Gasteiger partial charge in [0.25, 0.3) is 5.91 Å². The molecule has 0 unspecified atom stereocenters. The lowest BCUT2D eigenvalue weighted by molar-refractivity contribution is 0.0937. The van der Waals surface area contributed by atoms with Crippen molar-refractivity contribution in [2.45, 2.75) is 13.8 Å². The Morgan fingerprint density at radius 2 is 2.04 bits per heavy atom. The van der Waals surface area contributed by atoms with Crippen LogP contribution in [0.5, 0.6) is 0 Å². The maximum atomic E-state index is 13.0. The summed E-state index contributed by atoms with van der Waals surface area (Å²) in [6.45, 7) is 6.26. The summed E-state index contributed by atoms with van der Waals surface area (Å²) in [6, 6.07) is 5.81. The number of likely N-dealkylation sites (N-methyl/N-ethyl adjacent to an activating group) is 1. The molecule has 0 saturated carbocycles. The van der Waals surface area contributed by atoms with Crippen LogP contribution in [-0.4, -0.2) is 63.5 Å². The Morgan fingerprint density at radius 1 is 1.33 bits per heavy atom. The molecule has 8 heteroatoms. The van der Waals surface area contributed by atoms with E-state index >= 15 is 0 Å². The highest BCUT2D eigenvalue weighted by molar-refractivity contribution is 5.90. The largest absolute Gasteiger partial charge is 0.395 e. The Labute approximate surface area is 140 Å². The van der Waals surface area contributed by atoms with E-state index in [4.69, 9.17) is 5.11 Å². The molecule has 0 aliphatic heterocycles. The van der Waals surface area contributed by atoms with Gasteiger partial charge in [-0.1, -0.05) is 6.92 Å². The van der Waals surface area contributed by atoms with Crippen LogP contribution >= 0.6 is 0 Å². The van der Waals surface area contributed by atoms with Gasteiger partial charge in [0.2, 0.25) is 5.82 Å². The fourth-order valence-electron chi connectivity index (χ4n) is 2.29. The van der Waals surface area contributed by atoms with Crippen LogP contribution < -0.4 is 5.32 Å². The van der Waals surface area contributed by atoms with Crippen molar-refractivity contribution in [1.82, 2.24) is 25.0 Å². The van der Waals surface area contributed by atoms with E-state index < -0.39 is 0 Å². The van der Waals surface area contributed by atoms with Crippen molar-refractivity contribution >= 4 is 5.91 Å². The molecule has 24 heavy (non-hydrogen) atoms. The molecule has 0 bridgehead atoms. The Balaban J connectivity index is 1.98. The molecule has 0 radical (unpaired) electrons. The highest BCUT2D eigenvalue weighted by Gasteiger charge is 2.15. The van der Waals surface area contributed by atoms with Crippen LogP contribution in [0.1, 0.15) is 23.4 Å². The van der Waals surface area contributed by atoms with Gasteiger partial charge in [-0.3, -0.25) is 9.69 Å². The molecule has 0 fully saturated rings. The third-order valence-electron chi connectivity index (χ3n) is 3.62. The quantitative estimate of drug-likeness (QED) is 0.744. The van der Waals surface area contributed by atoms with Gasteiger partial charge in [0.05, 0.1) is 12.3 Å². The third-order valence-corrected chi connectivity index (χ3v) is 3.62. The van der Waals surface area contributed by atoms with E-state index in [2.05, 4.69) is 15.4 Å². The van der Waals surface area contributed by atoms with Gasteiger partial charge in [-0.15, -0.1) is 5.10 Å². The molecule has 0 aliphatic rings. The van der Waals surface area contributed by atoms with Crippen molar-refractivity contribution in [2.75, 3.05) is 32.8 Å². The first-order valence-corrected chi connectivity index (χ1v) is 7.86. The van der Waals surface area contributed by atoms with Crippen LogP contribution in [0.15, 0.2) is 24.3 Å². The SMILES string of the molecule is CCN(CCO)CCNC(=O)c1nc(C)n(-c2ccc(F)cc2)n1. The van der Waals surface area contributed by atoms with Crippen molar-refractivity contribution in [2.24, 2.45) is 0 Å². The summed E-state index contributed by atoms with van der Waals surface area (Å²) in [5.74, 6) is -0.0823. The summed E-state index contributed by atoms with van der Waals surface area (Å²) in [6.07, 6.45) is 0. The average molecular weight is 335 g/mol. The number of carbonyl (C=O) groups excluding carboxylic acids is 1. The van der Waals surface area contributed by atoms with Gasteiger partial charge in [0.1, 0.15) is 11.6 Å². The number of benzene rings is 1. The van der Waals surface area contributed by atoms with E-state index in [0.717, 1.165) is 6.54 Å². The number of nitrogens with zero attached hydrogens (tertiary/aromatic N) is 4. The Hall–Kier alpha value is -2.32. The number of amides is 1. The van der Waals surface area contributed by atoms with Crippen molar-refractivity contribution in [3.8, 4) is 5.69 Å². The predicted octanol–water partition coefficient (Wildman–Crippen LogP) is 0.759. The van der Waals surface area contributed by atoms with E-state index in [-0.39, 0.29) is 24.2 Å². The molecule has 7 nitrogen and oxygen atoms in total. The fraction of sp³-hybridized carbons (Fsp3) is 0.438. The lowest BCUT2D eigenvalue weighted by atomic mass is 10.3. The molecule has 0 atom stereocenters. The molecular weight excluding hydrogens is 313 g/mol. The number of carbonyl (C=O) groups is 1. The second-order valence-electron chi connectivity index (χ2n) is 5.28. The first kappa shape index (κ1) is 18.0. The zero-order valence-corrected chi connectivity index (χ0v) is 13.9. The minimum absolute atomic E-state index is 0.0713. The topological polar surface area (TPSA) is 83.3 Å². The van der Waals surface area contributed by atoms with Gasteiger partial charge < -0.3 is 10.4 Å². The molecule has 2 aromatic rings. The number of aryl methyl sites for hydroxylation is 1. The number of aliphatic hydroxyl groups excluding tert-OH is 1. The molecule has 0 saturated heterocycles. The number of hydrogen-bond acceptors (Lipinski definition) is 5. The van der Waals surface area contributed by atoms with E-state index in [9.17, 15) is 9.18 Å². The highest BCUT2D eigenvalue weighted by atomic mass is 19.1. The van der Waals surface area contributed by atoms with Crippen molar-refractivity contribution in [3.05, 3.63) is 41.7 Å². The minimum Gasteiger partial charge on any atom is -0.395 e. The molecule has 0 aliphatic carbocycles. The molecular formula is C16H22FN5O2. The van der Waals surface area contributed by atoms with Gasteiger partial charge in [-0.05, 0) is 37.7 Å². The van der Waals surface area contributed by atoms with Gasteiger partial charge in [0.15, 0.2) is 0 Å². The monoisotopic (exact) mass is 335 g/mol. The normalized spacial score (nSPS) is 11.0. The Bertz CT molecular complexity index is 672. The number of rotatable bonds is 8. The predicted molar refractivity (Wildman–Crippen MR) is 87.6 cm³/mol. The number of aromatic nitrogens is 3. The molecule has 1 aromatic carbocycles. The fourth-order valence-corrected chi connectivity index (χ4v) is 2.29. The number of hydrogen-bond donors (Lipinski definition) is 2. The minimum atomic E-state index is -0.362. The lowest BCUT2D eigenvalue weighted by Gasteiger charge is -2.18. The summed E-state index contributed by atoms with van der Waals surface area (Å²) in [5, 5.41) is 15.9. The molecule has 2 rings (SSSR count). The van der Waals surface area contributed by atoms with E-state index in [1.54, 1.807) is 19.1 Å². The first-order chi connectivity index (χ1) is 11.5. The third kappa shape index (κ3) is 4.59. The zero-order valence-electron chi connectivity index (χ0n) is 13.9. The summed E-state index contributed by atoms with van der Waals surface area (Å²) < 4.78 is 14.5. The van der Waals surface area contributed by atoms with Crippen molar-refractivity contribution in [1.29, 1.82) is 0 Å². The van der Waals surface area contributed by atoms with E-state index in [0.29, 0.717) is 31.1 Å². The van der Waals surface area contributed by atoms with Crippen LogP contribution in [0.3, 0.4) is 0 Å². The van der Waals surface area contributed by atoms with Crippen LogP contribution in [0.4, 0.5) is 4.39 Å². The Morgan fingerprint density at radius 3 is 2.67 bits per heavy atom. The van der Waals surface area contributed by atoms with Crippen LogP contribution in [-0.2, 0) is 0 Å². The molecule has 1 amide bonds. The highest BCUT2D eigenvalue weighted by Crippen LogP contribution is 2.10. The molecule has 1 aromatic heterocycles. The first-order valence-electron chi connectivity index (χ1n) is 7.86. The number of aliphatic hydroxyl groups is 1. The second kappa shape index (κ2) is 8.51. The van der Waals surface area contributed by atoms with E-state index in [1.165, 1.54) is 16.8 Å². The van der Waals surface area contributed by atoms with Crippen LogP contribution in [0, 0.1) is 12.7 Å². The second-order valence-corrected chi connectivity index (χ2v) is 5.28. The van der Waals surface area contributed by atoms with E-state index in [1.807, 2.05) is 11.8 Å². The van der Waals surface area contributed by atoms with Gasteiger partial charge in [-0.25, -0.2) is 14.1 Å². The number of halogens is 1. The molecule has 1 heterocycles. The van der Waals surface area contributed by atoms with Gasteiger partial charge in [0, 0.05) is 19.6 Å². The molecule has 0 spiro atoms. The van der Waals surface area contributed by atoms with Gasteiger partial charge >= 0.3 is 0 Å². The number of nitrogens with one attached hydrogen (secondary N) is 1. The van der Waals surface area contributed by atoms with Crippen molar-refractivity contribution in [3.63, 3.8) is 0 Å². The summed E-state index contributed by atoms with van der Waals surface area (Å²) in [4.78, 5) is 18.3. The summed E-state index contributed by atoms with van der Waals surface area (Å²) in [7, 11) is 0. The Kier molecular flexibility index (Phi) is 6.39. The average Bonchev–Trinajstić information content (AvgIpc) is 2.96. The molecule has 2 N–H and O–H groups in total. The summed E-state index contributed by atoms with van der Waals surface area (Å²) in [5.41, 5.74) is 0.639. The lowest BCUT2D eigenvalue weighted by Crippen LogP contribution is -2.36. The standard InChI is InChI=1S/C16H22FN5O2/c1-3-21(10-11-23)9-8-18-16(24)15-19-12(2)22(20-15)14-6-4-13(17)5-7-14/h4-7,23H,3,8-11H2,1-2H3,(H,18,24). The van der Waals surface area contributed by atoms with Crippen LogP contribution in [0.2, 0.25) is 0 Å². The smallest absolute Gasteiger partial charge is 0.291 e. The maximum absolute atomic E-state index is 13.0. The van der Waals surface area contributed by atoms with Gasteiger partial charge in [-0.2, -0.15) is 0 Å². The van der Waals surface area contributed by atoms with Crippen molar-refractivity contribution < 1.29 is 14.3 Å². The van der Waals surface area contributed by atoms with Crippen LogP contribution in [0.25, 0.3) is 5.69 Å². The zero-order chi connectivity index (χ0) is 17.5. The summed E-state index contributed by atoms with van der Waals surface area (Å²) >= 11 is 0.